The van der Waals surface area contributed by atoms with Crippen LogP contribution in [0.1, 0.15) is 31.4 Å². The van der Waals surface area contributed by atoms with Gasteiger partial charge in [0.25, 0.3) is 5.69 Å². The third-order valence-corrected chi connectivity index (χ3v) is 3.80. The molecule has 1 heterocycles. The lowest BCUT2D eigenvalue weighted by molar-refractivity contribution is -0.384. The molecular formula is C14H20N2O4. The van der Waals surface area contributed by atoms with Crippen molar-refractivity contribution in [1.82, 2.24) is 0 Å². The van der Waals surface area contributed by atoms with E-state index in [0.29, 0.717) is 17.8 Å². The lowest BCUT2D eigenvalue weighted by atomic mass is 9.98. The van der Waals surface area contributed by atoms with Gasteiger partial charge in [0, 0.05) is 25.8 Å². The summed E-state index contributed by atoms with van der Waals surface area (Å²) in [5.41, 5.74) is 1.12. The fourth-order valence-corrected chi connectivity index (χ4v) is 2.65. The van der Waals surface area contributed by atoms with E-state index in [9.17, 15) is 20.3 Å². The lowest BCUT2D eigenvalue weighted by Crippen LogP contribution is -2.37. The highest BCUT2D eigenvalue weighted by atomic mass is 16.6. The van der Waals surface area contributed by atoms with Gasteiger partial charge in [0.1, 0.15) is 5.69 Å². The molecule has 20 heavy (non-hydrogen) atoms. The Kier molecular flexibility index (Phi) is 4.57. The Labute approximate surface area is 117 Å². The van der Waals surface area contributed by atoms with Crippen molar-refractivity contribution in [2.75, 3.05) is 24.6 Å². The van der Waals surface area contributed by atoms with Gasteiger partial charge < -0.3 is 15.1 Å². The van der Waals surface area contributed by atoms with Gasteiger partial charge in [-0.25, -0.2) is 0 Å². The Balaban J connectivity index is 2.32. The number of hydrogen-bond acceptors (Lipinski definition) is 5. The second-order valence-corrected chi connectivity index (χ2v) is 5.32. The minimum Gasteiger partial charge on any atom is -0.396 e. The summed E-state index contributed by atoms with van der Waals surface area (Å²) in [6, 6.07) is 4.85. The third-order valence-electron chi connectivity index (χ3n) is 3.80. The predicted octanol–water partition coefficient (Wildman–Crippen LogP) is 1.86. The number of benzene rings is 1. The summed E-state index contributed by atoms with van der Waals surface area (Å²) < 4.78 is 0. The molecule has 0 aromatic heterocycles. The molecular weight excluding hydrogens is 260 g/mol. The summed E-state index contributed by atoms with van der Waals surface area (Å²) in [7, 11) is 0. The van der Waals surface area contributed by atoms with Gasteiger partial charge in [-0.1, -0.05) is 6.07 Å². The minimum absolute atomic E-state index is 0.0157. The standard InChI is InChI=1S/C14H20N2O4/c1-10(18)12-4-5-13(14(7-12)16(19)20)15-6-2-3-11(8-15)9-17/h4-5,7,10-11,17-18H,2-3,6,8-9H2,1H3/t10-,11?/m1/s1. The zero-order valence-electron chi connectivity index (χ0n) is 11.5. The highest BCUT2D eigenvalue weighted by molar-refractivity contribution is 5.64. The van der Waals surface area contributed by atoms with Gasteiger partial charge in [-0.2, -0.15) is 0 Å². The van der Waals surface area contributed by atoms with E-state index in [1.165, 1.54) is 6.07 Å². The molecule has 1 aliphatic heterocycles. The monoisotopic (exact) mass is 280 g/mol. The van der Waals surface area contributed by atoms with Crippen LogP contribution in [0.5, 0.6) is 0 Å². The Hall–Kier alpha value is -1.66. The Morgan fingerprint density at radius 3 is 2.90 bits per heavy atom. The summed E-state index contributed by atoms with van der Waals surface area (Å²) >= 11 is 0. The molecule has 0 spiro atoms. The van der Waals surface area contributed by atoms with Crippen LogP contribution in [-0.2, 0) is 0 Å². The molecule has 1 aliphatic rings. The Morgan fingerprint density at radius 1 is 1.55 bits per heavy atom. The highest BCUT2D eigenvalue weighted by Crippen LogP contribution is 2.33. The predicted molar refractivity (Wildman–Crippen MR) is 75.8 cm³/mol. The van der Waals surface area contributed by atoms with E-state index in [2.05, 4.69) is 0 Å². The molecule has 6 nitrogen and oxygen atoms in total. The van der Waals surface area contributed by atoms with Gasteiger partial charge in [-0.15, -0.1) is 0 Å². The number of anilines is 1. The summed E-state index contributed by atoms with van der Waals surface area (Å²) in [5.74, 6) is 0.166. The molecule has 0 amide bonds. The molecule has 1 fully saturated rings. The van der Waals surface area contributed by atoms with Crippen LogP contribution < -0.4 is 4.90 Å². The molecule has 1 aromatic carbocycles. The van der Waals surface area contributed by atoms with Crippen molar-refractivity contribution >= 4 is 11.4 Å². The van der Waals surface area contributed by atoms with Crippen molar-refractivity contribution in [2.45, 2.75) is 25.9 Å². The van der Waals surface area contributed by atoms with E-state index in [1.54, 1.807) is 19.1 Å². The number of aliphatic hydroxyl groups excluding tert-OH is 2. The first-order valence-electron chi connectivity index (χ1n) is 6.85. The van der Waals surface area contributed by atoms with Crippen LogP contribution >= 0.6 is 0 Å². The first-order valence-corrected chi connectivity index (χ1v) is 6.85. The van der Waals surface area contributed by atoms with Crippen molar-refractivity contribution in [3.63, 3.8) is 0 Å². The van der Waals surface area contributed by atoms with Crippen LogP contribution in [-0.4, -0.2) is 34.8 Å². The zero-order chi connectivity index (χ0) is 14.7. The average Bonchev–Trinajstić information content (AvgIpc) is 2.46. The van der Waals surface area contributed by atoms with Gasteiger partial charge in [0.15, 0.2) is 0 Å². The number of nitrogens with zero attached hydrogens (tertiary/aromatic N) is 2. The van der Waals surface area contributed by atoms with Gasteiger partial charge in [0.05, 0.1) is 11.0 Å². The van der Waals surface area contributed by atoms with Crippen molar-refractivity contribution in [1.29, 1.82) is 0 Å². The van der Waals surface area contributed by atoms with Crippen LogP contribution in [0.3, 0.4) is 0 Å². The van der Waals surface area contributed by atoms with Gasteiger partial charge >= 0.3 is 0 Å². The second-order valence-electron chi connectivity index (χ2n) is 5.32. The number of nitro benzene ring substituents is 1. The molecule has 2 rings (SSSR count). The van der Waals surface area contributed by atoms with E-state index in [1.807, 2.05) is 4.90 Å². The first kappa shape index (κ1) is 14.7. The molecule has 1 saturated heterocycles. The van der Waals surface area contributed by atoms with Crippen molar-refractivity contribution in [3.8, 4) is 0 Å². The summed E-state index contributed by atoms with van der Waals surface area (Å²) in [4.78, 5) is 12.8. The molecule has 6 heteroatoms. The van der Waals surface area contributed by atoms with E-state index in [-0.39, 0.29) is 18.2 Å². The zero-order valence-corrected chi connectivity index (χ0v) is 11.5. The number of hydrogen-bond donors (Lipinski definition) is 2. The normalized spacial score (nSPS) is 20.8. The van der Waals surface area contributed by atoms with Crippen LogP contribution in [0.4, 0.5) is 11.4 Å². The second kappa shape index (κ2) is 6.19. The van der Waals surface area contributed by atoms with Crippen LogP contribution in [0.15, 0.2) is 18.2 Å². The van der Waals surface area contributed by atoms with Crippen LogP contribution in [0.2, 0.25) is 0 Å². The third kappa shape index (κ3) is 3.08. The highest BCUT2D eigenvalue weighted by Gasteiger charge is 2.25. The molecule has 1 unspecified atom stereocenters. The smallest absolute Gasteiger partial charge is 0.292 e. The topological polar surface area (TPSA) is 86.8 Å². The van der Waals surface area contributed by atoms with Crippen LogP contribution in [0.25, 0.3) is 0 Å². The van der Waals surface area contributed by atoms with E-state index in [0.717, 1.165) is 19.4 Å². The Bertz CT molecular complexity index is 490. The fraction of sp³-hybridized carbons (Fsp3) is 0.571. The number of piperidine rings is 1. The SMILES string of the molecule is C[C@@H](O)c1ccc(N2CCCC(CO)C2)c([N+](=O)[O-])c1. The van der Waals surface area contributed by atoms with Gasteiger partial charge in [0.2, 0.25) is 0 Å². The lowest BCUT2D eigenvalue weighted by Gasteiger charge is -2.33. The van der Waals surface area contributed by atoms with Crippen LogP contribution in [0, 0.1) is 16.0 Å². The summed E-state index contributed by atoms with van der Waals surface area (Å²) in [6.45, 7) is 3.08. The molecule has 2 atom stereocenters. The quantitative estimate of drug-likeness (QED) is 0.649. The largest absolute Gasteiger partial charge is 0.396 e. The molecule has 0 radical (unpaired) electrons. The van der Waals surface area contributed by atoms with Crippen molar-refractivity contribution in [3.05, 3.63) is 33.9 Å². The number of rotatable bonds is 4. The van der Waals surface area contributed by atoms with E-state index < -0.39 is 11.0 Å². The Morgan fingerprint density at radius 2 is 2.30 bits per heavy atom. The van der Waals surface area contributed by atoms with Crippen molar-refractivity contribution < 1.29 is 15.1 Å². The minimum atomic E-state index is -0.728. The first-order chi connectivity index (χ1) is 9.52. The van der Waals surface area contributed by atoms with Gasteiger partial charge in [-0.05, 0) is 37.3 Å². The number of aliphatic hydroxyl groups is 2. The average molecular weight is 280 g/mol. The molecule has 0 saturated carbocycles. The maximum atomic E-state index is 11.2. The summed E-state index contributed by atoms with van der Waals surface area (Å²) in [5, 5.41) is 30.0. The fourth-order valence-electron chi connectivity index (χ4n) is 2.65. The molecule has 2 N–H and O–H groups in total. The van der Waals surface area contributed by atoms with E-state index in [4.69, 9.17) is 0 Å². The summed E-state index contributed by atoms with van der Waals surface area (Å²) in [6.07, 6.45) is 1.14. The molecule has 0 bridgehead atoms. The molecule has 0 aliphatic carbocycles. The molecule has 1 aromatic rings. The maximum Gasteiger partial charge on any atom is 0.292 e. The van der Waals surface area contributed by atoms with Gasteiger partial charge in [-0.3, -0.25) is 10.1 Å². The van der Waals surface area contributed by atoms with Crippen molar-refractivity contribution in [2.24, 2.45) is 5.92 Å². The van der Waals surface area contributed by atoms with E-state index >= 15 is 0 Å². The number of nitro groups is 1. The maximum absolute atomic E-state index is 11.2. The molecule has 110 valence electrons.